The van der Waals surface area contributed by atoms with E-state index in [1.54, 1.807) is 7.11 Å². The van der Waals surface area contributed by atoms with E-state index in [4.69, 9.17) is 20.1 Å². The number of hydrogen-bond acceptors (Lipinski definition) is 6. The van der Waals surface area contributed by atoms with E-state index in [1.807, 2.05) is 0 Å². The van der Waals surface area contributed by atoms with Gasteiger partial charge in [-0.05, 0) is 0 Å². The van der Waals surface area contributed by atoms with Gasteiger partial charge in [0.25, 0.3) is 0 Å². The summed E-state index contributed by atoms with van der Waals surface area (Å²) in [6, 6.07) is -0.594. The number of rotatable bonds is 5. The number of aliphatic hydroxyl groups is 1. The molecule has 6 nitrogen and oxygen atoms in total. The van der Waals surface area contributed by atoms with E-state index in [0.717, 1.165) is 0 Å². The number of nitrogens with zero attached hydrogens (tertiary/aromatic N) is 2. The highest BCUT2D eigenvalue weighted by molar-refractivity contribution is 4.91. The first kappa shape index (κ1) is 10.1. The fourth-order valence-corrected chi connectivity index (χ4v) is 0.791. The first-order chi connectivity index (χ1) is 6.27. The molecular formula is C7H13N3O3. The highest BCUT2D eigenvalue weighted by Gasteiger charge is 2.12. The van der Waals surface area contributed by atoms with Crippen LogP contribution in [0.5, 0.6) is 0 Å². The van der Waals surface area contributed by atoms with Crippen molar-refractivity contribution in [3.8, 4) is 0 Å². The standard InChI is InChI=1S/C7H13N3O3/c1-12-3-2-6-9-7(13-10-6)5(8)4-11/h5,11H,2-4,8H2,1H3/t5-/m0/s1. The molecule has 0 spiro atoms. The minimum Gasteiger partial charge on any atom is -0.394 e. The predicted octanol–water partition coefficient (Wildman–Crippen LogP) is -0.749. The van der Waals surface area contributed by atoms with Gasteiger partial charge in [0, 0.05) is 13.5 Å². The number of ether oxygens (including phenoxy) is 1. The normalized spacial score (nSPS) is 13.2. The van der Waals surface area contributed by atoms with Crippen LogP contribution in [0.1, 0.15) is 17.8 Å². The first-order valence-corrected chi connectivity index (χ1v) is 3.95. The third-order valence-corrected chi connectivity index (χ3v) is 1.53. The van der Waals surface area contributed by atoms with Crippen molar-refractivity contribution in [1.29, 1.82) is 0 Å². The van der Waals surface area contributed by atoms with Gasteiger partial charge in [-0.25, -0.2) is 0 Å². The molecule has 0 bridgehead atoms. The van der Waals surface area contributed by atoms with Crippen LogP contribution in [0.25, 0.3) is 0 Å². The monoisotopic (exact) mass is 187 g/mol. The Balaban J connectivity index is 2.53. The molecule has 0 aromatic carbocycles. The summed E-state index contributed by atoms with van der Waals surface area (Å²) in [5, 5.41) is 12.4. The van der Waals surface area contributed by atoms with Crippen LogP contribution in [0.15, 0.2) is 4.52 Å². The van der Waals surface area contributed by atoms with E-state index < -0.39 is 6.04 Å². The van der Waals surface area contributed by atoms with Gasteiger partial charge in [-0.3, -0.25) is 0 Å². The zero-order valence-electron chi connectivity index (χ0n) is 7.43. The second-order valence-corrected chi connectivity index (χ2v) is 2.58. The molecule has 13 heavy (non-hydrogen) atoms. The zero-order chi connectivity index (χ0) is 9.68. The minimum atomic E-state index is -0.594. The molecule has 1 heterocycles. The Hall–Kier alpha value is -0.980. The van der Waals surface area contributed by atoms with Crippen LogP contribution in [0.4, 0.5) is 0 Å². The summed E-state index contributed by atoms with van der Waals surface area (Å²) < 4.78 is 9.65. The fourth-order valence-electron chi connectivity index (χ4n) is 0.791. The second-order valence-electron chi connectivity index (χ2n) is 2.58. The summed E-state index contributed by atoms with van der Waals surface area (Å²) in [4.78, 5) is 3.98. The Morgan fingerprint density at radius 3 is 3.08 bits per heavy atom. The van der Waals surface area contributed by atoms with Crippen LogP contribution < -0.4 is 5.73 Å². The molecule has 1 rings (SSSR count). The maximum atomic E-state index is 8.70. The van der Waals surface area contributed by atoms with Gasteiger partial charge in [0.1, 0.15) is 6.04 Å². The summed E-state index contributed by atoms with van der Waals surface area (Å²) >= 11 is 0. The van der Waals surface area contributed by atoms with Crippen LogP contribution in [0, 0.1) is 0 Å². The van der Waals surface area contributed by atoms with Crippen LogP contribution in [-0.2, 0) is 11.2 Å². The van der Waals surface area contributed by atoms with Crippen molar-refractivity contribution in [2.45, 2.75) is 12.5 Å². The predicted molar refractivity (Wildman–Crippen MR) is 43.9 cm³/mol. The number of hydrogen-bond donors (Lipinski definition) is 2. The molecule has 0 aliphatic rings. The largest absolute Gasteiger partial charge is 0.394 e. The lowest BCUT2D eigenvalue weighted by molar-refractivity contribution is 0.199. The highest BCUT2D eigenvalue weighted by atomic mass is 16.5. The molecule has 0 aliphatic carbocycles. The van der Waals surface area contributed by atoms with Crippen molar-refractivity contribution < 1.29 is 14.4 Å². The van der Waals surface area contributed by atoms with Gasteiger partial charge in [0.15, 0.2) is 5.82 Å². The second kappa shape index (κ2) is 4.90. The van der Waals surface area contributed by atoms with Crippen molar-refractivity contribution in [3.05, 3.63) is 11.7 Å². The molecule has 0 radical (unpaired) electrons. The fraction of sp³-hybridized carbons (Fsp3) is 0.714. The number of nitrogens with two attached hydrogens (primary N) is 1. The van der Waals surface area contributed by atoms with Crippen LogP contribution in [0.3, 0.4) is 0 Å². The Kier molecular flexibility index (Phi) is 3.81. The van der Waals surface area contributed by atoms with Crippen LogP contribution in [-0.4, -0.2) is 35.6 Å². The molecule has 74 valence electrons. The summed E-state index contributed by atoms with van der Waals surface area (Å²) in [7, 11) is 1.60. The molecule has 0 fully saturated rings. The Bertz CT molecular complexity index is 251. The molecule has 3 N–H and O–H groups in total. The van der Waals surface area contributed by atoms with Crippen LogP contribution >= 0.6 is 0 Å². The van der Waals surface area contributed by atoms with Crippen molar-refractivity contribution in [2.75, 3.05) is 20.3 Å². The van der Waals surface area contributed by atoms with Crippen molar-refractivity contribution >= 4 is 0 Å². The Labute approximate surface area is 75.7 Å². The smallest absolute Gasteiger partial charge is 0.245 e. The van der Waals surface area contributed by atoms with Crippen molar-refractivity contribution in [3.63, 3.8) is 0 Å². The SMILES string of the molecule is COCCc1noc([C@@H](N)CO)n1. The number of methoxy groups -OCH3 is 1. The average molecular weight is 187 g/mol. The molecule has 1 aromatic heterocycles. The third-order valence-electron chi connectivity index (χ3n) is 1.53. The van der Waals surface area contributed by atoms with E-state index in [1.165, 1.54) is 0 Å². The quantitative estimate of drug-likeness (QED) is 0.629. The average Bonchev–Trinajstić information content (AvgIpc) is 2.62. The van der Waals surface area contributed by atoms with Gasteiger partial charge in [0.05, 0.1) is 13.2 Å². The van der Waals surface area contributed by atoms with Gasteiger partial charge < -0.3 is 20.1 Å². The molecule has 0 amide bonds. The van der Waals surface area contributed by atoms with Crippen LogP contribution in [0.2, 0.25) is 0 Å². The van der Waals surface area contributed by atoms with E-state index >= 15 is 0 Å². The molecular weight excluding hydrogens is 174 g/mol. The van der Waals surface area contributed by atoms with E-state index in [0.29, 0.717) is 18.9 Å². The first-order valence-electron chi connectivity index (χ1n) is 3.95. The van der Waals surface area contributed by atoms with Gasteiger partial charge in [-0.1, -0.05) is 5.16 Å². The summed E-state index contributed by atoms with van der Waals surface area (Å²) in [5.41, 5.74) is 5.46. The zero-order valence-corrected chi connectivity index (χ0v) is 7.43. The van der Waals surface area contributed by atoms with Crippen molar-refractivity contribution in [1.82, 2.24) is 10.1 Å². The lowest BCUT2D eigenvalue weighted by Crippen LogP contribution is -2.14. The van der Waals surface area contributed by atoms with E-state index in [2.05, 4.69) is 10.1 Å². The number of aliphatic hydroxyl groups excluding tert-OH is 1. The Morgan fingerprint density at radius 2 is 2.46 bits per heavy atom. The molecule has 0 saturated heterocycles. The maximum Gasteiger partial charge on any atom is 0.245 e. The molecule has 0 aliphatic heterocycles. The topological polar surface area (TPSA) is 94.4 Å². The summed E-state index contributed by atoms with van der Waals surface area (Å²) in [6.07, 6.45) is 0.581. The minimum absolute atomic E-state index is 0.202. The number of aromatic nitrogens is 2. The third kappa shape index (κ3) is 2.76. The lowest BCUT2D eigenvalue weighted by Gasteiger charge is -1.98. The highest BCUT2D eigenvalue weighted by Crippen LogP contribution is 2.06. The van der Waals surface area contributed by atoms with Crippen molar-refractivity contribution in [2.24, 2.45) is 5.73 Å². The molecule has 1 atom stereocenters. The summed E-state index contributed by atoms with van der Waals surface area (Å²) in [5.74, 6) is 0.800. The Morgan fingerprint density at radius 1 is 1.69 bits per heavy atom. The molecule has 0 unspecified atom stereocenters. The van der Waals surface area contributed by atoms with Gasteiger partial charge >= 0.3 is 0 Å². The molecule has 1 aromatic rings. The lowest BCUT2D eigenvalue weighted by atomic mass is 10.3. The van der Waals surface area contributed by atoms with E-state index in [-0.39, 0.29) is 12.5 Å². The molecule has 6 heteroatoms. The maximum absolute atomic E-state index is 8.70. The summed E-state index contributed by atoms with van der Waals surface area (Å²) in [6.45, 7) is 0.333. The van der Waals surface area contributed by atoms with Gasteiger partial charge in [0.2, 0.25) is 5.89 Å². The van der Waals surface area contributed by atoms with Gasteiger partial charge in [-0.15, -0.1) is 0 Å². The van der Waals surface area contributed by atoms with E-state index in [9.17, 15) is 0 Å². The van der Waals surface area contributed by atoms with Gasteiger partial charge in [-0.2, -0.15) is 4.98 Å². The molecule has 0 saturated carbocycles.